The zero-order valence-electron chi connectivity index (χ0n) is 6.15. The van der Waals surface area contributed by atoms with Crippen LogP contribution < -0.4 is 0 Å². The van der Waals surface area contributed by atoms with Crippen molar-refractivity contribution < 1.29 is 30.7 Å². The van der Waals surface area contributed by atoms with Crippen LogP contribution in [0.5, 0.6) is 0 Å². The fourth-order valence-corrected chi connectivity index (χ4v) is 0.771. The van der Waals surface area contributed by atoms with Crippen LogP contribution in [-0.4, -0.2) is 0 Å². The first-order valence-corrected chi connectivity index (χ1v) is 3.07. The van der Waals surface area contributed by atoms with Crippen molar-refractivity contribution in [2.75, 3.05) is 0 Å². The zero-order chi connectivity index (χ0) is 11.0. The van der Waals surface area contributed by atoms with E-state index >= 15 is 0 Å². The molecule has 14 heavy (non-hydrogen) atoms. The van der Waals surface area contributed by atoms with Gasteiger partial charge in [0.15, 0.2) is 12.2 Å². The van der Waals surface area contributed by atoms with Crippen molar-refractivity contribution >= 4 is 0 Å². The molecule has 0 radical (unpaired) electrons. The Balaban J connectivity index is 3.60. The van der Waals surface area contributed by atoms with E-state index in [0.29, 0.717) is 0 Å². The molecule has 0 heterocycles. The Morgan fingerprint density at radius 1 is 0.571 bits per heavy atom. The van der Waals surface area contributed by atoms with Crippen LogP contribution >= 0.6 is 0 Å². The molecule has 7 heteroatoms. The molecule has 0 amide bonds. The fourth-order valence-electron chi connectivity index (χ4n) is 0.771. The molecular weight excluding hydrogens is 217 g/mol. The molecule has 0 fully saturated rings. The minimum Gasteiger partial charge on any atom is -0.280 e. The predicted octanol–water partition coefficient (Wildman–Crippen LogP) is 3.16. The SMILES string of the molecule is Fc1c(F)c(F)c([C-](F)F)c(F)c1F. The molecule has 0 saturated carbocycles. The summed E-state index contributed by atoms with van der Waals surface area (Å²) in [7, 11) is 0. The second-order valence-electron chi connectivity index (χ2n) is 2.21. The minimum absolute atomic E-state index is 2.19. The molecule has 0 unspecified atom stereocenters. The van der Waals surface area contributed by atoms with Gasteiger partial charge in [-0.15, -0.1) is 0 Å². The van der Waals surface area contributed by atoms with Gasteiger partial charge in [0, 0.05) is 0 Å². The molecule has 0 aliphatic rings. The van der Waals surface area contributed by atoms with Gasteiger partial charge in [0.05, 0.1) is 11.6 Å². The maximum Gasteiger partial charge on any atom is 0.175 e. The summed E-state index contributed by atoms with van der Waals surface area (Å²) in [6.45, 7) is 0. The van der Waals surface area contributed by atoms with Crippen LogP contribution in [0.3, 0.4) is 0 Å². The van der Waals surface area contributed by atoms with Crippen molar-refractivity contribution in [1.29, 1.82) is 0 Å². The highest BCUT2D eigenvalue weighted by Crippen LogP contribution is 2.29. The van der Waals surface area contributed by atoms with Crippen LogP contribution in [-0.2, 0) is 0 Å². The third-order valence-electron chi connectivity index (χ3n) is 1.40. The van der Waals surface area contributed by atoms with Gasteiger partial charge in [-0.1, -0.05) is 0 Å². The van der Waals surface area contributed by atoms with Crippen LogP contribution in [0.2, 0.25) is 0 Å². The van der Waals surface area contributed by atoms with E-state index in [1.807, 2.05) is 0 Å². The molecule has 0 N–H and O–H groups in total. The van der Waals surface area contributed by atoms with E-state index in [1.54, 1.807) is 0 Å². The maximum atomic E-state index is 12.4. The average Bonchev–Trinajstić information content (AvgIpc) is 2.11. The largest absolute Gasteiger partial charge is 0.280 e. The van der Waals surface area contributed by atoms with E-state index in [1.165, 1.54) is 0 Å². The van der Waals surface area contributed by atoms with Crippen molar-refractivity contribution in [3.8, 4) is 0 Å². The molecule has 0 spiro atoms. The first-order chi connectivity index (χ1) is 6.37. The van der Waals surface area contributed by atoms with Gasteiger partial charge < -0.3 is 0 Å². The molecule has 0 saturated heterocycles. The van der Waals surface area contributed by atoms with Gasteiger partial charge in [-0.25, -0.2) is 13.2 Å². The number of hydrogen-bond donors (Lipinski definition) is 0. The van der Waals surface area contributed by atoms with Crippen molar-refractivity contribution in [3.05, 3.63) is 41.1 Å². The normalized spacial score (nSPS) is 10.5. The van der Waals surface area contributed by atoms with E-state index in [4.69, 9.17) is 0 Å². The molecule has 1 aromatic rings. The summed E-state index contributed by atoms with van der Waals surface area (Å²) in [4.78, 5) is 0. The fraction of sp³-hybridized carbons (Fsp3) is 0. The summed E-state index contributed by atoms with van der Waals surface area (Å²) < 4.78 is 85.2. The lowest BCUT2D eigenvalue weighted by Gasteiger charge is -2.14. The van der Waals surface area contributed by atoms with Crippen LogP contribution in [0.4, 0.5) is 30.7 Å². The summed E-state index contributed by atoms with van der Waals surface area (Å²) >= 11 is 0. The van der Waals surface area contributed by atoms with Crippen LogP contribution in [0.15, 0.2) is 0 Å². The molecule has 0 nitrogen and oxygen atoms in total. The summed E-state index contributed by atoms with van der Waals surface area (Å²) in [5, 5.41) is 0. The second kappa shape index (κ2) is 3.39. The third-order valence-corrected chi connectivity index (χ3v) is 1.40. The molecule has 1 aromatic carbocycles. The van der Waals surface area contributed by atoms with Gasteiger partial charge in [0.25, 0.3) is 0 Å². The monoisotopic (exact) mass is 217 g/mol. The Morgan fingerprint density at radius 2 is 0.857 bits per heavy atom. The number of benzene rings is 1. The van der Waals surface area contributed by atoms with E-state index < -0.39 is 41.1 Å². The van der Waals surface area contributed by atoms with Crippen molar-refractivity contribution in [3.63, 3.8) is 0 Å². The average molecular weight is 217 g/mol. The van der Waals surface area contributed by atoms with Crippen LogP contribution in [0, 0.1) is 35.5 Å². The van der Waals surface area contributed by atoms with E-state index in [0.717, 1.165) is 0 Å². The van der Waals surface area contributed by atoms with Gasteiger partial charge in [-0.3, -0.25) is 17.6 Å². The van der Waals surface area contributed by atoms with Gasteiger partial charge in [-0.2, -0.15) is 0 Å². The Labute approximate surface area is 73.0 Å². The smallest absolute Gasteiger partial charge is 0.175 e. The van der Waals surface area contributed by atoms with Crippen molar-refractivity contribution in [1.82, 2.24) is 0 Å². The predicted molar refractivity (Wildman–Crippen MR) is 30.8 cm³/mol. The molecule has 0 aromatic heterocycles. The van der Waals surface area contributed by atoms with E-state index in [9.17, 15) is 30.7 Å². The molecule has 0 aliphatic carbocycles. The maximum absolute atomic E-state index is 12.4. The second-order valence-corrected chi connectivity index (χ2v) is 2.21. The zero-order valence-corrected chi connectivity index (χ0v) is 6.15. The first-order valence-electron chi connectivity index (χ1n) is 3.07. The summed E-state index contributed by atoms with van der Waals surface area (Å²) in [5.41, 5.74) is -2.19. The molecule has 0 atom stereocenters. The lowest BCUT2D eigenvalue weighted by Crippen LogP contribution is -2.07. The summed E-state index contributed by atoms with van der Waals surface area (Å²) in [6.07, 6.45) is -2.97. The molecule has 0 bridgehead atoms. The summed E-state index contributed by atoms with van der Waals surface area (Å²) in [5.74, 6) is -12.3. The number of hydrogen-bond acceptors (Lipinski definition) is 0. The van der Waals surface area contributed by atoms with E-state index in [-0.39, 0.29) is 0 Å². The third kappa shape index (κ3) is 1.38. The van der Waals surface area contributed by atoms with Gasteiger partial charge >= 0.3 is 0 Å². The topological polar surface area (TPSA) is 0 Å². The Bertz CT molecular complexity index is 342. The number of rotatable bonds is 1. The number of halogens is 7. The Kier molecular flexibility index (Phi) is 2.59. The van der Waals surface area contributed by atoms with Gasteiger partial charge in [0.1, 0.15) is 11.6 Å². The first kappa shape index (κ1) is 10.7. The molecule has 0 aliphatic heterocycles. The van der Waals surface area contributed by atoms with Crippen molar-refractivity contribution in [2.45, 2.75) is 0 Å². The highest BCUT2D eigenvalue weighted by Gasteiger charge is 2.21. The molecular formula is C7F7-. The lowest BCUT2D eigenvalue weighted by molar-refractivity contribution is 0.291. The lowest BCUT2D eigenvalue weighted by atomic mass is 10.2. The highest BCUT2D eigenvalue weighted by atomic mass is 19.3. The van der Waals surface area contributed by atoms with Crippen LogP contribution in [0.25, 0.3) is 0 Å². The minimum atomic E-state index is -2.97. The van der Waals surface area contributed by atoms with Crippen molar-refractivity contribution in [2.24, 2.45) is 0 Å². The highest BCUT2D eigenvalue weighted by molar-refractivity contribution is 5.30. The molecule has 78 valence electrons. The summed E-state index contributed by atoms with van der Waals surface area (Å²) in [6, 6.07) is 0. The molecule has 1 rings (SSSR count). The quantitative estimate of drug-likeness (QED) is 0.293. The Morgan fingerprint density at radius 3 is 1.14 bits per heavy atom. The van der Waals surface area contributed by atoms with Gasteiger partial charge in [-0.05, 0) is 5.56 Å². The standard InChI is InChI=1S/C7F7/c8-2-1(7(13)14)3(9)5(11)6(12)4(2)10/q-1. The van der Waals surface area contributed by atoms with Crippen LogP contribution in [0.1, 0.15) is 5.56 Å². The van der Waals surface area contributed by atoms with E-state index in [2.05, 4.69) is 0 Å². The Hall–Kier alpha value is -1.40. The van der Waals surface area contributed by atoms with Gasteiger partial charge in [0.2, 0.25) is 0 Å².